The largest absolute Gasteiger partial charge is 0.329 e. The van der Waals surface area contributed by atoms with E-state index in [1.54, 1.807) is 0 Å². The van der Waals surface area contributed by atoms with E-state index >= 15 is 0 Å². The van der Waals surface area contributed by atoms with Crippen LogP contribution in [-0.2, 0) is 0 Å². The van der Waals surface area contributed by atoms with Gasteiger partial charge in [-0.15, -0.1) is 0 Å². The Morgan fingerprint density at radius 3 is 2.31 bits per heavy atom. The third kappa shape index (κ3) is 2.23. The Bertz CT molecular complexity index is 146. The SMILES string of the molecule is CCC(C)(CN)N(C)C1CCCC1. The number of likely N-dealkylation sites (N-methyl/N-ethyl adjacent to an activating group) is 1. The van der Waals surface area contributed by atoms with Crippen LogP contribution in [0.2, 0.25) is 0 Å². The predicted octanol–water partition coefficient (Wildman–Crippen LogP) is 1.99. The Morgan fingerprint density at radius 1 is 1.38 bits per heavy atom. The first-order valence-corrected chi connectivity index (χ1v) is 5.57. The first-order chi connectivity index (χ1) is 6.14. The maximum Gasteiger partial charge on any atom is 0.0300 e. The van der Waals surface area contributed by atoms with Crippen molar-refractivity contribution in [2.45, 2.75) is 57.5 Å². The van der Waals surface area contributed by atoms with Crippen molar-refractivity contribution in [1.29, 1.82) is 0 Å². The van der Waals surface area contributed by atoms with Crippen LogP contribution in [0.25, 0.3) is 0 Å². The van der Waals surface area contributed by atoms with Gasteiger partial charge >= 0.3 is 0 Å². The van der Waals surface area contributed by atoms with Crippen LogP contribution in [0, 0.1) is 0 Å². The van der Waals surface area contributed by atoms with Crippen LogP contribution >= 0.6 is 0 Å². The molecule has 1 atom stereocenters. The van der Waals surface area contributed by atoms with Gasteiger partial charge in [0.05, 0.1) is 0 Å². The third-order valence-electron chi connectivity index (χ3n) is 3.93. The summed E-state index contributed by atoms with van der Waals surface area (Å²) >= 11 is 0. The van der Waals surface area contributed by atoms with Crippen molar-refractivity contribution in [3.8, 4) is 0 Å². The molecule has 0 spiro atoms. The molecule has 1 saturated carbocycles. The zero-order chi connectivity index (χ0) is 9.90. The lowest BCUT2D eigenvalue weighted by atomic mass is 9.95. The van der Waals surface area contributed by atoms with Crippen molar-refractivity contribution in [3.63, 3.8) is 0 Å². The summed E-state index contributed by atoms with van der Waals surface area (Å²) in [5, 5.41) is 0. The molecule has 2 nitrogen and oxygen atoms in total. The van der Waals surface area contributed by atoms with E-state index in [1.165, 1.54) is 25.7 Å². The van der Waals surface area contributed by atoms with Crippen LogP contribution in [-0.4, -0.2) is 30.1 Å². The highest BCUT2D eigenvalue weighted by molar-refractivity contribution is 4.89. The zero-order valence-electron chi connectivity index (χ0n) is 9.34. The summed E-state index contributed by atoms with van der Waals surface area (Å²) in [4.78, 5) is 2.51. The minimum absolute atomic E-state index is 0.217. The van der Waals surface area contributed by atoms with Crippen molar-refractivity contribution in [3.05, 3.63) is 0 Å². The average Bonchev–Trinajstić information content (AvgIpc) is 2.68. The fourth-order valence-electron chi connectivity index (χ4n) is 2.27. The van der Waals surface area contributed by atoms with Crippen molar-refractivity contribution < 1.29 is 0 Å². The first kappa shape index (κ1) is 11.0. The molecule has 0 bridgehead atoms. The Kier molecular flexibility index (Phi) is 3.74. The lowest BCUT2D eigenvalue weighted by Gasteiger charge is -2.41. The first-order valence-electron chi connectivity index (χ1n) is 5.57. The summed E-state index contributed by atoms with van der Waals surface area (Å²) in [6.07, 6.45) is 6.69. The summed E-state index contributed by atoms with van der Waals surface area (Å²) < 4.78 is 0. The number of hydrogen-bond acceptors (Lipinski definition) is 2. The standard InChI is InChI=1S/C11H24N2/c1-4-11(2,9-12)13(3)10-7-5-6-8-10/h10H,4-9,12H2,1-3H3. The molecule has 1 unspecified atom stereocenters. The summed E-state index contributed by atoms with van der Waals surface area (Å²) in [7, 11) is 2.24. The number of nitrogens with zero attached hydrogens (tertiary/aromatic N) is 1. The molecule has 13 heavy (non-hydrogen) atoms. The van der Waals surface area contributed by atoms with Gasteiger partial charge in [-0.25, -0.2) is 0 Å². The molecule has 0 heterocycles. The molecule has 0 radical (unpaired) electrons. The van der Waals surface area contributed by atoms with Gasteiger partial charge in [0, 0.05) is 18.1 Å². The molecule has 0 amide bonds. The van der Waals surface area contributed by atoms with Gasteiger partial charge < -0.3 is 5.73 Å². The molecule has 0 aromatic heterocycles. The van der Waals surface area contributed by atoms with Gasteiger partial charge in [-0.2, -0.15) is 0 Å². The van der Waals surface area contributed by atoms with Gasteiger partial charge in [-0.05, 0) is 33.2 Å². The molecule has 1 aliphatic rings. The lowest BCUT2D eigenvalue weighted by Crippen LogP contribution is -2.52. The van der Waals surface area contributed by atoms with E-state index in [-0.39, 0.29) is 5.54 Å². The van der Waals surface area contributed by atoms with Crippen molar-refractivity contribution in [2.75, 3.05) is 13.6 Å². The van der Waals surface area contributed by atoms with Crippen LogP contribution in [0.3, 0.4) is 0 Å². The van der Waals surface area contributed by atoms with E-state index in [4.69, 9.17) is 5.73 Å². The third-order valence-corrected chi connectivity index (χ3v) is 3.93. The Balaban J connectivity index is 2.57. The minimum atomic E-state index is 0.217. The molecule has 78 valence electrons. The van der Waals surface area contributed by atoms with Gasteiger partial charge in [0.1, 0.15) is 0 Å². The van der Waals surface area contributed by atoms with Gasteiger partial charge in [0.25, 0.3) is 0 Å². The molecular weight excluding hydrogens is 160 g/mol. The highest BCUT2D eigenvalue weighted by Crippen LogP contribution is 2.28. The predicted molar refractivity (Wildman–Crippen MR) is 57.8 cm³/mol. The van der Waals surface area contributed by atoms with Crippen molar-refractivity contribution in [2.24, 2.45) is 5.73 Å². The van der Waals surface area contributed by atoms with Crippen LogP contribution in [0.4, 0.5) is 0 Å². The highest BCUT2D eigenvalue weighted by Gasteiger charge is 2.32. The summed E-state index contributed by atoms with van der Waals surface area (Å²) in [5.74, 6) is 0. The van der Waals surface area contributed by atoms with Crippen LogP contribution in [0.1, 0.15) is 46.0 Å². The smallest absolute Gasteiger partial charge is 0.0300 e. The maximum absolute atomic E-state index is 5.84. The zero-order valence-corrected chi connectivity index (χ0v) is 9.34. The lowest BCUT2D eigenvalue weighted by molar-refractivity contribution is 0.0907. The fraction of sp³-hybridized carbons (Fsp3) is 1.00. The second-order valence-corrected chi connectivity index (χ2v) is 4.60. The van der Waals surface area contributed by atoms with Gasteiger partial charge in [-0.3, -0.25) is 4.90 Å². The average molecular weight is 184 g/mol. The molecule has 1 aliphatic carbocycles. The number of nitrogens with two attached hydrogens (primary N) is 1. The quantitative estimate of drug-likeness (QED) is 0.724. The van der Waals surface area contributed by atoms with Crippen molar-refractivity contribution >= 4 is 0 Å². The Hall–Kier alpha value is -0.0800. The van der Waals surface area contributed by atoms with Crippen molar-refractivity contribution in [1.82, 2.24) is 4.90 Å². The number of hydrogen-bond donors (Lipinski definition) is 1. The molecule has 1 rings (SSSR count). The van der Waals surface area contributed by atoms with Crippen LogP contribution in [0.5, 0.6) is 0 Å². The van der Waals surface area contributed by atoms with Gasteiger partial charge in [0.15, 0.2) is 0 Å². The molecule has 0 aliphatic heterocycles. The molecule has 1 fully saturated rings. The summed E-state index contributed by atoms with van der Waals surface area (Å²) in [6, 6.07) is 0.786. The molecule has 2 heteroatoms. The molecule has 0 aromatic carbocycles. The summed E-state index contributed by atoms with van der Waals surface area (Å²) in [6.45, 7) is 5.29. The highest BCUT2D eigenvalue weighted by atomic mass is 15.2. The van der Waals surface area contributed by atoms with E-state index < -0.39 is 0 Å². The monoisotopic (exact) mass is 184 g/mol. The van der Waals surface area contributed by atoms with E-state index in [1.807, 2.05) is 0 Å². The van der Waals surface area contributed by atoms with Gasteiger partial charge in [-0.1, -0.05) is 19.8 Å². The molecule has 0 saturated heterocycles. The van der Waals surface area contributed by atoms with E-state index in [0.717, 1.165) is 19.0 Å². The van der Waals surface area contributed by atoms with Crippen LogP contribution in [0.15, 0.2) is 0 Å². The summed E-state index contributed by atoms with van der Waals surface area (Å²) in [5.41, 5.74) is 6.06. The van der Waals surface area contributed by atoms with E-state index in [9.17, 15) is 0 Å². The second kappa shape index (κ2) is 4.43. The topological polar surface area (TPSA) is 29.3 Å². The normalized spacial score (nSPS) is 23.8. The van der Waals surface area contributed by atoms with E-state index in [0.29, 0.717) is 0 Å². The van der Waals surface area contributed by atoms with Crippen LogP contribution < -0.4 is 5.73 Å². The van der Waals surface area contributed by atoms with E-state index in [2.05, 4.69) is 25.8 Å². The minimum Gasteiger partial charge on any atom is -0.329 e. The second-order valence-electron chi connectivity index (χ2n) is 4.60. The fourth-order valence-corrected chi connectivity index (χ4v) is 2.27. The Morgan fingerprint density at radius 2 is 1.92 bits per heavy atom. The maximum atomic E-state index is 5.84. The van der Waals surface area contributed by atoms with Gasteiger partial charge in [0.2, 0.25) is 0 Å². The molecule has 0 aromatic rings. The molecular formula is C11H24N2. The molecule has 2 N–H and O–H groups in total. The number of rotatable bonds is 4. The Labute approximate surface area is 82.5 Å².